The van der Waals surface area contributed by atoms with E-state index in [1.54, 1.807) is 26.8 Å². The molecule has 2 aromatic rings. The summed E-state index contributed by atoms with van der Waals surface area (Å²) in [6.45, 7) is 9.32. The van der Waals surface area contributed by atoms with Crippen LogP contribution in [-0.4, -0.2) is 34.4 Å². The molecule has 0 saturated heterocycles. The Hall–Kier alpha value is -2.89. The van der Waals surface area contributed by atoms with Crippen molar-refractivity contribution in [1.82, 2.24) is 9.78 Å². The van der Waals surface area contributed by atoms with E-state index < -0.39 is 12.1 Å². The number of aryl methyl sites for hydroxylation is 2. The standard InChI is InChI=1S/C19H22N2O4/c1-5-24-19(23)17(25-15(4)16-9-7-6-8-10-16)12-18(22)21-14(3)11-13(2)20-21/h6-11,17H,4-5,12H2,1-3H3/t17-/m1/s1. The van der Waals surface area contributed by atoms with Gasteiger partial charge >= 0.3 is 5.97 Å². The largest absolute Gasteiger partial charge is 0.478 e. The Kier molecular flexibility index (Phi) is 6.11. The number of ether oxygens (including phenoxy) is 2. The van der Waals surface area contributed by atoms with Crippen LogP contribution in [0.5, 0.6) is 0 Å². The summed E-state index contributed by atoms with van der Waals surface area (Å²) < 4.78 is 12.0. The zero-order valence-electron chi connectivity index (χ0n) is 14.7. The number of esters is 1. The van der Waals surface area contributed by atoms with Gasteiger partial charge in [0.25, 0.3) is 5.91 Å². The van der Waals surface area contributed by atoms with Crippen LogP contribution in [0.1, 0.15) is 35.1 Å². The molecule has 6 nitrogen and oxygen atoms in total. The highest BCUT2D eigenvalue weighted by molar-refractivity contribution is 5.86. The Morgan fingerprint density at radius 2 is 1.92 bits per heavy atom. The monoisotopic (exact) mass is 342 g/mol. The Labute approximate surface area is 147 Å². The van der Waals surface area contributed by atoms with Crippen LogP contribution in [-0.2, 0) is 14.3 Å². The minimum absolute atomic E-state index is 0.188. The molecule has 1 aromatic carbocycles. The molecular formula is C19H22N2O4. The van der Waals surface area contributed by atoms with Crippen LogP contribution in [0.15, 0.2) is 43.0 Å². The van der Waals surface area contributed by atoms with Crippen molar-refractivity contribution >= 4 is 17.6 Å². The number of aromatic nitrogens is 2. The number of rotatable bonds is 7. The lowest BCUT2D eigenvalue weighted by molar-refractivity contribution is -0.152. The van der Waals surface area contributed by atoms with E-state index in [2.05, 4.69) is 11.7 Å². The first kappa shape index (κ1) is 18.4. The topological polar surface area (TPSA) is 70.4 Å². The first-order valence-electron chi connectivity index (χ1n) is 8.06. The molecule has 132 valence electrons. The lowest BCUT2D eigenvalue weighted by Crippen LogP contribution is -2.31. The maximum Gasteiger partial charge on any atom is 0.347 e. The highest BCUT2D eigenvalue weighted by Gasteiger charge is 2.27. The quantitative estimate of drug-likeness (QED) is 0.571. The third-order valence-corrected chi connectivity index (χ3v) is 3.54. The van der Waals surface area contributed by atoms with Gasteiger partial charge in [-0.3, -0.25) is 4.79 Å². The van der Waals surface area contributed by atoms with E-state index in [0.29, 0.717) is 11.5 Å². The van der Waals surface area contributed by atoms with Crippen LogP contribution < -0.4 is 0 Å². The van der Waals surface area contributed by atoms with E-state index in [1.165, 1.54) is 4.68 Å². The van der Waals surface area contributed by atoms with Gasteiger partial charge in [0.05, 0.1) is 18.7 Å². The fourth-order valence-corrected chi connectivity index (χ4v) is 2.40. The summed E-state index contributed by atoms with van der Waals surface area (Å²) >= 11 is 0. The molecule has 0 fully saturated rings. The number of benzene rings is 1. The summed E-state index contributed by atoms with van der Waals surface area (Å²) in [4.78, 5) is 24.7. The van der Waals surface area contributed by atoms with Gasteiger partial charge in [-0.1, -0.05) is 36.9 Å². The summed E-state index contributed by atoms with van der Waals surface area (Å²) in [6.07, 6.45) is -1.27. The van der Waals surface area contributed by atoms with Gasteiger partial charge in [0.15, 0.2) is 0 Å². The van der Waals surface area contributed by atoms with Crippen LogP contribution in [0, 0.1) is 13.8 Å². The fraction of sp³-hybridized carbons (Fsp3) is 0.316. The molecule has 25 heavy (non-hydrogen) atoms. The molecule has 0 unspecified atom stereocenters. The fourth-order valence-electron chi connectivity index (χ4n) is 2.40. The van der Waals surface area contributed by atoms with Crippen molar-refractivity contribution in [3.63, 3.8) is 0 Å². The Morgan fingerprint density at radius 1 is 1.24 bits per heavy atom. The van der Waals surface area contributed by atoms with Crippen molar-refractivity contribution in [2.75, 3.05) is 6.61 Å². The van der Waals surface area contributed by atoms with Crippen molar-refractivity contribution < 1.29 is 19.1 Å². The van der Waals surface area contributed by atoms with Crippen molar-refractivity contribution in [3.05, 3.63) is 59.9 Å². The first-order chi connectivity index (χ1) is 11.9. The zero-order chi connectivity index (χ0) is 18.4. The highest BCUT2D eigenvalue weighted by Crippen LogP contribution is 2.18. The first-order valence-corrected chi connectivity index (χ1v) is 8.06. The normalized spacial score (nSPS) is 11.6. The SMILES string of the molecule is C=C(O[C@H](CC(=O)n1nc(C)cc1C)C(=O)OCC)c1ccccc1. The smallest absolute Gasteiger partial charge is 0.347 e. The average Bonchev–Trinajstić information content (AvgIpc) is 2.93. The Bertz CT molecular complexity index is 765. The summed E-state index contributed by atoms with van der Waals surface area (Å²) in [7, 11) is 0. The predicted octanol–water partition coefficient (Wildman–Crippen LogP) is 3.15. The summed E-state index contributed by atoms with van der Waals surface area (Å²) in [6, 6.07) is 11.0. The average molecular weight is 342 g/mol. The minimum Gasteiger partial charge on any atom is -0.478 e. The van der Waals surface area contributed by atoms with Gasteiger partial charge in [-0.05, 0) is 26.8 Å². The van der Waals surface area contributed by atoms with Gasteiger partial charge in [0.1, 0.15) is 5.76 Å². The molecule has 6 heteroatoms. The lowest BCUT2D eigenvalue weighted by Gasteiger charge is -2.19. The molecule has 1 heterocycles. The van der Waals surface area contributed by atoms with E-state index in [1.807, 2.05) is 30.3 Å². The molecule has 0 spiro atoms. The number of hydrogen-bond acceptors (Lipinski definition) is 5. The maximum atomic E-state index is 12.5. The number of nitrogens with zero attached hydrogens (tertiary/aromatic N) is 2. The van der Waals surface area contributed by atoms with E-state index in [4.69, 9.17) is 9.47 Å². The molecule has 0 aliphatic heterocycles. The van der Waals surface area contributed by atoms with Gasteiger partial charge in [-0.25, -0.2) is 9.48 Å². The maximum absolute atomic E-state index is 12.5. The molecular weight excluding hydrogens is 320 g/mol. The van der Waals surface area contributed by atoms with Crippen LogP contribution in [0.3, 0.4) is 0 Å². The summed E-state index contributed by atoms with van der Waals surface area (Å²) in [5.41, 5.74) is 2.16. The highest BCUT2D eigenvalue weighted by atomic mass is 16.6. The van der Waals surface area contributed by atoms with Crippen molar-refractivity contribution in [2.24, 2.45) is 0 Å². The molecule has 2 rings (SSSR count). The Balaban J connectivity index is 2.15. The van der Waals surface area contributed by atoms with E-state index >= 15 is 0 Å². The minimum atomic E-state index is -1.08. The second kappa shape index (κ2) is 8.28. The molecule has 0 saturated carbocycles. The lowest BCUT2D eigenvalue weighted by atomic mass is 10.2. The second-order valence-corrected chi connectivity index (χ2v) is 5.58. The molecule has 0 N–H and O–H groups in total. The third-order valence-electron chi connectivity index (χ3n) is 3.54. The molecule has 0 bridgehead atoms. The summed E-state index contributed by atoms with van der Waals surface area (Å²) in [5.74, 6) is -0.640. The zero-order valence-corrected chi connectivity index (χ0v) is 14.7. The van der Waals surface area contributed by atoms with Gasteiger partial charge in [0.2, 0.25) is 6.10 Å². The summed E-state index contributed by atoms with van der Waals surface area (Å²) in [5, 5.41) is 4.14. The van der Waals surface area contributed by atoms with Crippen LogP contribution in [0.4, 0.5) is 0 Å². The van der Waals surface area contributed by atoms with E-state index in [0.717, 1.165) is 11.3 Å². The van der Waals surface area contributed by atoms with E-state index in [9.17, 15) is 9.59 Å². The van der Waals surface area contributed by atoms with Crippen LogP contribution in [0.2, 0.25) is 0 Å². The van der Waals surface area contributed by atoms with Gasteiger partial charge in [-0.15, -0.1) is 0 Å². The number of carbonyl (C=O) groups is 2. The molecule has 0 radical (unpaired) electrons. The molecule has 0 amide bonds. The number of carbonyl (C=O) groups excluding carboxylic acids is 2. The van der Waals surface area contributed by atoms with Crippen molar-refractivity contribution in [1.29, 1.82) is 0 Å². The second-order valence-electron chi connectivity index (χ2n) is 5.58. The Morgan fingerprint density at radius 3 is 2.48 bits per heavy atom. The van der Waals surface area contributed by atoms with Gasteiger partial charge in [-0.2, -0.15) is 5.10 Å². The van der Waals surface area contributed by atoms with Crippen LogP contribution in [0.25, 0.3) is 5.76 Å². The van der Waals surface area contributed by atoms with E-state index in [-0.39, 0.29) is 18.9 Å². The van der Waals surface area contributed by atoms with Crippen LogP contribution >= 0.6 is 0 Å². The molecule has 1 atom stereocenters. The van der Waals surface area contributed by atoms with Crippen molar-refractivity contribution in [3.8, 4) is 0 Å². The molecule has 0 aliphatic rings. The van der Waals surface area contributed by atoms with Gasteiger partial charge in [0, 0.05) is 11.3 Å². The molecule has 0 aliphatic carbocycles. The third kappa shape index (κ3) is 4.79. The molecule has 1 aromatic heterocycles. The van der Waals surface area contributed by atoms with Gasteiger partial charge < -0.3 is 9.47 Å². The number of hydrogen-bond donors (Lipinski definition) is 0. The predicted molar refractivity (Wildman–Crippen MR) is 93.9 cm³/mol. The van der Waals surface area contributed by atoms with Crippen molar-refractivity contribution in [2.45, 2.75) is 33.3 Å².